The molecule has 0 aliphatic heterocycles. The van der Waals surface area contributed by atoms with Gasteiger partial charge in [-0.1, -0.05) is 25.1 Å². The van der Waals surface area contributed by atoms with E-state index in [1.807, 2.05) is 26.2 Å². The van der Waals surface area contributed by atoms with Gasteiger partial charge in [-0.05, 0) is 24.0 Å². The molecular weight excluding hydrogens is 214 g/mol. The van der Waals surface area contributed by atoms with Crippen LogP contribution in [-0.2, 0) is 11.8 Å². The van der Waals surface area contributed by atoms with Crippen LogP contribution in [0.25, 0.3) is 10.9 Å². The highest BCUT2D eigenvalue weighted by Gasteiger charge is 2.16. The Labute approximate surface area is 101 Å². The fraction of sp³-hybridized carbons (Fsp3) is 0.357. The summed E-state index contributed by atoms with van der Waals surface area (Å²) >= 11 is 0. The zero-order chi connectivity index (χ0) is 12.6. The first-order chi connectivity index (χ1) is 8.00. The summed E-state index contributed by atoms with van der Waals surface area (Å²) in [6.45, 7) is 4.04. The van der Waals surface area contributed by atoms with E-state index in [9.17, 15) is 4.79 Å². The first-order valence-corrected chi connectivity index (χ1v) is 5.77. The van der Waals surface area contributed by atoms with E-state index in [4.69, 9.17) is 5.11 Å². The zero-order valence-corrected chi connectivity index (χ0v) is 10.4. The molecule has 0 saturated heterocycles. The molecule has 1 N–H and O–H groups in total. The molecule has 0 fully saturated rings. The summed E-state index contributed by atoms with van der Waals surface area (Å²) < 4.78 is 2.08. The second kappa shape index (κ2) is 4.24. The molecule has 1 heterocycles. The smallest absolute Gasteiger partial charge is 0.303 e. The van der Waals surface area contributed by atoms with Crippen molar-refractivity contribution in [2.24, 2.45) is 7.05 Å². The van der Waals surface area contributed by atoms with E-state index in [1.165, 1.54) is 16.5 Å². The Balaban J connectivity index is 2.56. The van der Waals surface area contributed by atoms with Crippen LogP contribution in [0.4, 0.5) is 0 Å². The van der Waals surface area contributed by atoms with Gasteiger partial charge < -0.3 is 9.67 Å². The highest BCUT2D eigenvalue weighted by atomic mass is 16.4. The van der Waals surface area contributed by atoms with Crippen LogP contribution in [0.3, 0.4) is 0 Å². The maximum atomic E-state index is 10.8. The van der Waals surface area contributed by atoms with E-state index in [0.29, 0.717) is 0 Å². The number of para-hydroxylation sites is 1. The summed E-state index contributed by atoms with van der Waals surface area (Å²) in [7, 11) is 2.01. The number of hydrogen-bond donors (Lipinski definition) is 1. The second-order valence-electron chi connectivity index (χ2n) is 4.67. The number of carbonyl (C=O) groups is 1. The van der Waals surface area contributed by atoms with E-state index in [0.717, 1.165) is 5.56 Å². The van der Waals surface area contributed by atoms with Crippen molar-refractivity contribution in [1.29, 1.82) is 0 Å². The van der Waals surface area contributed by atoms with Crippen LogP contribution >= 0.6 is 0 Å². The Hall–Kier alpha value is -1.77. The summed E-state index contributed by atoms with van der Waals surface area (Å²) in [6, 6.07) is 6.17. The van der Waals surface area contributed by atoms with Crippen LogP contribution in [0.2, 0.25) is 0 Å². The molecule has 1 aromatic carbocycles. The number of rotatable bonds is 3. The van der Waals surface area contributed by atoms with Crippen molar-refractivity contribution in [3.63, 3.8) is 0 Å². The first kappa shape index (κ1) is 11.7. The first-order valence-electron chi connectivity index (χ1n) is 5.77. The average molecular weight is 231 g/mol. The normalized spacial score (nSPS) is 12.9. The van der Waals surface area contributed by atoms with Gasteiger partial charge in [0.15, 0.2) is 0 Å². The fourth-order valence-electron chi connectivity index (χ4n) is 2.47. The molecule has 2 aromatic rings. The number of fused-ring (bicyclic) bond motifs is 1. The molecule has 1 atom stereocenters. The predicted molar refractivity (Wildman–Crippen MR) is 68.3 cm³/mol. The van der Waals surface area contributed by atoms with Crippen molar-refractivity contribution in [1.82, 2.24) is 4.57 Å². The number of benzene rings is 1. The minimum Gasteiger partial charge on any atom is -0.481 e. The Morgan fingerprint density at radius 3 is 2.82 bits per heavy atom. The molecule has 3 heteroatoms. The molecule has 3 nitrogen and oxygen atoms in total. The van der Waals surface area contributed by atoms with E-state index >= 15 is 0 Å². The van der Waals surface area contributed by atoms with Crippen LogP contribution in [0.5, 0.6) is 0 Å². The maximum Gasteiger partial charge on any atom is 0.303 e. The fourth-order valence-corrected chi connectivity index (χ4v) is 2.47. The quantitative estimate of drug-likeness (QED) is 0.882. The van der Waals surface area contributed by atoms with Crippen LogP contribution in [0.1, 0.15) is 30.4 Å². The molecule has 2 rings (SSSR count). The number of aromatic nitrogens is 1. The van der Waals surface area contributed by atoms with Crippen LogP contribution in [0.15, 0.2) is 24.4 Å². The van der Waals surface area contributed by atoms with Gasteiger partial charge in [0.2, 0.25) is 0 Å². The van der Waals surface area contributed by atoms with Gasteiger partial charge in [-0.25, -0.2) is 0 Å². The second-order valence-corrected chi connectivity index (χ2v) is 4.67. The Kier molecular flexibility index (Phi) is 2.92. The monoisotopic (exact) mass is 231 g/mol. The van der Waals surface area contributed by atoms with Crippen LogP contribution in [0, 0.1) is 6.92 Å². The molecule has 1 aromatic heterocycles. The van der Waals surface area contributed by atoms with Gasteiger partial charge in [0.1, 0.15) is 0 Å². The maximum absolute atomic E-state index is 10.8. The third-order valence-electron chi connectivity index (χ3n) is 3.25. The average Bonchev–Trinajstić information content (AvgIpc) is 2.56. The Morgan fingerprint density at radius 2 is 2.18 bits per heavy atom. The van der Waals surface area contributed by atoms with Gasteiger partial charge in [0, 0.05) is 18.6 Å². The zero-order valence-electron chi connectivity index (χ0n) is 10.4. The summed E-state index contributed by atoms with van der Waals surface area (Å²) in [4.78, 5) is 10.8. The number of aliphatic carboxylic acids is 1. The van der Waals surface area contributed by atoms with E-state index in [1.54, 1.807) is 0 Å². The van der Waals surface area contributed by atoms with Crippen molar-refractivity contribution in [3.8, 4) is 0 Å². The number of nitrogens with zero attached hydrogens (tertiary/aromatic N) is 1. The summed E-state index contributed by atoms with van der Waals surface area (Å²) in [6.07, 6.45) is 2.22. The van der Waals surface area contributed by atoms with Gasteiger partial charge in [-0.15, -0.1) is 0 Å². The molecule has 0 amide bonds. The molecule has 0 bridgehead atoms. The Morgan fingerprint density at radius 1 is 1.47 bits per heavy atom. The molecule has 0 aliphatic carbocycles. The minimum absolute atomic E-state index is 0.0398. The van der Waals surface area contributed by atoms with Gasteiger partial charge in [-0.2, -0.15) is 0 Å². The number of carboxylic acid groups (broad SMARTS) is 1. The molecule has 0 aliphatic rings. The highest BCUT2D eigenvalue weighted by molar-refractivity contribution is 5.87. The lowest BCUT2D eigenvalue weighted by Crippen LogP contribution is -2.02. The van der Waals surface area contributed by atoms with Crippen molar-refractivity contribution in [2.75, 3.05) is 0 Å². The SMILES string of the molecule is Cc1cccc2c(C(C)CC(=O)O)cn(C)c12. The lowest BCUT2D eigenvalue weighted by Gasteiger charge is -2.07. The van der Waals surface area contributed by atoms with E-state index in [2.05, 4.69) is 23.6 Å². The molecule has 0 spiro atoms. The van der Waals surface area contributed by atoms with Gasteiger partial charge in [0.25, 0.3) is 0 Å². The van der Waals surface area contributed by atoms with Crippen molar-refractivity contribution in [2.45, 2.75) is 26.2 Å². The third-order valence-corrected chi connectivity index (χ3v) is 3.25. The van der Waals surface area contributed by atoms with E-state index < -0.39 is 5.97 Å². The predicted octanol–water partition coefficient (Wildman–Crippen LogP) is 3.06. The number of hydrogen-bond acceptors (Lipinski definition) is 1. The number of carboxylic acids is 1. The van der Waals surface area contributed by atoms with Crippen molar-refractivity contribution >= 4 is 16.9 Å². The topological polar surface area (TPSA) is 42.2 Å². The van der Waals surface area contributed by atoms with E-state index in [-0.39, 0.29) is 12.3 Å². The van der Waals surface area contributed by atoms with Gasteiger partial charge in [-0.3, -0.25) is 4.79 Å². The molecule has 0 radical (unpaired) electrons. The largest absolute Gasteiger partial charge is 0.481 e. The molecule has 17 heavy (non-hydrogen) atoms. The highest BCUT2D eigenvalue weighted by Crippen LogP contribution is 2.30. The molecule has 1 unspecified atom stereocenters. The van der Waals surface area contributed by atoms with Crippen molar-refractivity contribution < 1.29 is 9.90 Å². The molecule has 0 saturated carbocycles. The number of aryl methyl sites for hydroxylation is 2. The standard InChI is InChI=1S/C14H17NO2/c1-9-5-4-6-11-12(8-15(3)14(9)11)10(2)7-13(16)17/h4-6,8,10H,7H2,1-3H3,(H,16,17). The third kappa shape index (κ3) is 2.05. The molecular formula is C14H17NO2. The summed E-state index contributed by atoms with van der Waals surface area (Å²) in [5.74, 6) is -0.708. The van der Waals surface area contributed by atoms with Crippen LogP contribution in [-0.4, -0.2) is 15.6 Å². The summed E-state index contributed by atoms with van der Waals surface area (Å²) in [5.41, 5.74) is 3.53. The Bertz CT molecular complexity index is 569. The lowest BCUT2D eigenvalue weighted by molar-refractivity contribution is -0.137. The van der Waals surface area contributed by atoms with Crippen molar-refractivity contribution in [3.05, 3.63) is 35.5 Å². The minimum atomic E-state index is -0.748. The van der Waals surface area contributed by atoms with Gasteiger partial charge >= 0.3 is 5.97 Å². The summed E-state index contributed by atoms with van der Waals surface area (Å²) in [5, 5.41) is 10.0. The van der Waals surface area contributed by atoms with Gasteiger partial charge in [0.05, 0.1) is 11.9 Å². The van der Waals surface area contributed by atoms with Crippen LogP contribution < -0.4 is 0 Å². The lowest BCUT2D eigenvalue weighted by atomic mass is 9.97. The molecule has 90 valence electrons.